The summed E-state index contributed by atoms with van der Waals surface area (Å²) in [4.78, 5) is 30.8. The Balaban J connectivity index is 3.14. The summed E-state index contributed by atoms with van der Waals surface area (Å²) in [5, 5.41) is 25.0. The summed E-state index contributed by atoms with van der Waals surface area (Å²) in [6.07, 6.45) is 0. The lowest BCUT2D eigenvalue weighted by molar-refractivity contribution is -0.393. The van der Waals surface area contributed by atoms with E-state index in [1.54, 1.807) is 0 Å². The zero-order valence-corrected chi connectivity index (χ0v) is 10.1. The van der Waals surface area contributed by atoms with Gasteiger partial charge in [0.1, 0.15) is 11.4 Å². The molecule has 0 unspecified atom stereocenters. The number of nitro benzene ring substituents is 2. The van der Waals surface area contributed by atoms with Crippen LogP contribution in [0.4, 0.5) is 17.1 Å². The molecule has 0 bridgehead atoms. The number of ketones is 1. The molecule has 0 aromatic heterocycles. The minimum Gasteiger partial charge on any atom is -0.293 e. The van der Waals surface area contributed by atoms with Crippen molar-refractivity contribution >= 4 is 28.6 Å². The van der Waals surface area contributed by atoms with E-state index in [2.05, 4.69) is 10.5 Å². The summed E-state index contributed by atoms with van der Waals surface area (Å²) in [5.41, 5.74) is 1.56. The number of nitrogens with zero attached hydrogens (tertiary/aromatic N) is 3. The molecule has 0 amide bonds. The maximum absolute atomic E-state index is 10.9. The molecule has 0 fully saturated rings. The predicted molar refractivity (Wildman–Crippen MR) is 67.2 cm³/mol. The van der Waals surface area contributed by atoms with Crippen LogP contribution in [0, 0.1) is 20.2 Å². The second kappa shape index (κ2) is 5.67. The van der Waals surface area contributed by atoms with Gasteiger partial charge in [-0.25, -0.2) is 0 Å². The number of non-ortho nitro benzene ring substituents is 1. The highest BCUT2D eigenvalue weighted by Gasteiger charge is 2.19. The van der Waals surface area contributed by atoms with Crippen molar-refractivity contribution in [3.05, 3.63) is 38.4 Å². The summed E-state index contributed by atoms with van der Waals surface area (Å²) in [6, 6.07) is 3.09. The van der Waals surface area contributed by atoms with Crippen molar-refractivity contribution in [2.24, 2.45) is 5.10 Å². The van der Waals surface area contributed by atoms with Gasteiger partial charge in [-0.1, -0.05) is 0 Å². The van der Waals surface area contributed by atoms with E-state index in [1.807, 2.05) is 0 Å². The minimum absolute atomic E-state index is 0.0313. The SMILES string of the molecule is CC(=O)C(C)=NNc1ccc([N+](=O)[O-])cc1[N+](=O)[O-]. The number of nitrogens with one attached hydrogen (secondary N) is 1. The van der Waals surface area contributed by atoms with E-state index in [9.17, 15) is 25.0 Å². The quantitative estimate of drug-likeness (QED) is 0.492. The molecule has 0 radical (unpaired) electrons. The van der Waals surface area contributed by atoms with Crippen LogP contribution in [-0.4, -0.2) is 21.3 Å². The van der Waals surface area contributed by atoms with Crippen LogP contribution < -0.4 is 5.43 Å². The third-order valence-corrected chi connectivity index (χ3v) is 2.24. The summed E-state index contributed by atoms with van der Waals surface area (Å²) in [5.74, 6) is -0.294. The van der Waals surface area contributed by atoms with Crippen LogP contribution in [0.25, 0.3) is 0 Å². The number of benzene rings is 1. The number of hydrazone groups is 1. The molecule has 1 N–H and O–H groups in total. The molecular formula is C10H10N4O5. The van der Waals surface area contributed by atoms with Crippen LogP contribution >= 0.6 is 0 Å². The summed E-state index contributed by atoms with van der Waals surface area (Å²) < 4.78 is 0. The number of carbonyl (C=O) groups excluding carboxylic acids is 1. The number of hydrogen-bond acceptors (Lipinski definition) is 7. The normalized spacial score (nSPS) is 10.9. The fraction of sp³-hybridized carbons (Fsp3) is 0.200. The first kappa shape index (κ1) is 14.2. The molecule has 0 saturated carbocycles. The third-order valence-electron chi connectivity index (χ3n) is 2.24. The lowest BCUT2D eigenvalue weighted by atomic mass is 10.2. The lowest BCUT2D eigenvalue weighted by Gasteiger charge is -2.02. The smallest absolute Gasteiger partial charge is 0.293 e. The number of rotatable bonds is 5. The molecule has 0 aliphatic carbocycles. The molecule has 1 aromatic carbocycles. The minimum atomic E-state index is -0.770. The van der Waals surface area contributed by atoms with Crippen LogP contribution in [-0.2, 0) is 4.79 Å². The molecule has 0 aliphatic rings. The van der Waals surface area contributed by atoms with Crippen molar-refractivity contribution < 1.29 is 14.6 Å². The molecule has 100 valence electrons. The molecule has 1 aromatic rings. The Bertz CT molecular complexity index is 581. The zero-order valence-electron chi connectivity index (χ0n) is 10.1. The van der Waals surface area contributed by atoms with Crippen molar-refractivity contribution in [2.45, 2.75) is 13.8 Å². The molecule has 0 aliphatic heterocycles. The first-order valence-corrected chi connectivity index (χ1v) is 5.07. The second-order valence-electron chi connectivity index (χ2n) is 3.58. The van der Waals surface area contributed by atoms with Crippen LogP contribution in [0.1, 0.15) is 13.8 Å². The summed E-state index contributed by atoms with van der Waals surface area (Å²) in [7, 11) is 0. The Hall–Kier alpha value is -2.84. The molecule has 0 heterocycles. The standard InChI is InChI=1S/C10H10N4O5/c1-6(7(2)15)11-12-9-4-3-8(13(16)17)5-10(9)14(18)19/h3-5,12H,1-2H3. The van der Waals surface area contributed by atoms with Crippen LogP contribution in [0.5, 0.6) is 0 Å². The molecule has 0 atom stereocenters. The average molecular weight is 266 g/mol. The Morgan fingerprint density at radius 1 is 1.21 bits per heavy atom. The van der Waals surface area contributed by atoms with Gasteiger partial charge in [0.2, 0.25) is 0 Å². The molecule has 0 spiro atoms. The third kappa shape index (κ3) is 3.56. The van der Waals surface area contributed by atoms with Gasteiger partial charge >= 0.3 is 5.69 Å². The summed E-state index contributed by atoms with van der Waals surface area (Å²) >= 11 is 0. The van der Waals surface area contributed by atoms with Crippen molar-refractivity contribution in [3.63, 3.8) is 0 Å². The molecular weight excluding hydrogens is 256 g/mol. The molecule has 19 heavy (non-hydrogen) atoms. The van der Waals surface area contributed by atoms with E-state index in [0.29, 0.717) is 0 Å². The first-order chi connectivity index (χ1) is 8.82. The van der Waals surface area contributed by atoms with Crippen LogP contribution in [0.3, 0.4) is 0 Å². The number of anilines is 1. The van der Waals surface area contributed by atoms with Gasteiger partial charge in [-0.3, -0.25) is 30.4 Å². The van der Waals surface area contributed by atoms with Crippen LogP contribution in [0.15, 0.2) is 23.3 Å². The fourth-order valence-electron chi connectivity index (χ4n) is 1.10. The van der Waals surface area contributed by atoms with E-state index in [1.165, 1.54) is 13.8 Å². The van der Waals surface area contributed by atoms with Crippen molar-refractivity contribution in [1.29, 1.82) is 0 Å². The van der Waals surface area contributed by atoms with E-state index >= 15 is 0 Å². The van der Waals surface area contributed by atoms with Crippen molar-refractivity contribution in [3.8, 4) is 0 Å². The Morgan fingerprint density at radius 3 is 2.32 bits per heavy atom. The van der Waals surface area contributed by atoms with E-state index < -0.39 is 21.2 Å². The zero-order chi connectivity index (χ0) is 14.6. The highest BCUT2D eigenvalue weighted by Crippen LogP contribution is 2.28. The molecule has 1 rings (SSSR count). The van der Waals surface area contributed by atoms with Gasteiger partial charge in [0.05, 0.1) is 15.9 Å². The van der Waals surface area contributed by atoms with Gasteiger partial charge in [0.15, 0.2) is 5.78 Å². The highest BCUT2D eigenvalue weighted by molar-refractivity contribution is 6.38. The number of nitro groups is 2. The topological polar surface area (TPSA) is 128 Å². The number of Topliss-reactive ketones (excluding diaryl/α,β-unsaturated/α-hetero) is 1. The van der Waals surface area contributed by atoms with Crippen LogP contribution in [0.2, 0.25) is 0 Å². The summed E-state index contributed by atoms with van der Waals surface area (Å²) in [6.45, 7) is 2.73. The van der Waals surface area contributed by atoms with Gasteiger partial charge in [-0.05, 0) is 13.0 Å². The van der Waals surface area contributed by atoms with E-state index in [0.717, 1.165) is 18.2 Å². The average Bonchev–Trinajstić information content (AvgIpc) is 2.35. The Labute approximate surface area is 107 Å². The Morgan fingerprint density at radius 2 is 1.84 bits per heavy atom. The monoisotopic (exact) mass is 266 g/mol. The maximum Gasteiger partial charge on any atom is 0.301 e. The lowest BCUT2D eigenvalue weighted by Crippen LogP contribution is -2.08. The van der Waals surface area contributed by atoms with Gasteiger partial charge in [-0.2, -0.15) is 5.10 Å². The van der Waals surface area contributed by atoms with Crippen molar-refractivity contribution in [1.82, 2.24) is 0 Å². The van der Waals surface area contributed by atoms with E-state index in [-0.39, 0.29) is 17.2 Å². The molecule has 0 saturated heterocycles. The maximum atomic E-state index is 10.9. The fourth-order valence-corrected chi connectivity index (χ4v) is 1.10. The number of carbonyl (C=O) groups is 1. The Kier molecular flexibility index (Phi) is 4.24. The van der Waals surface area contributed by atoms with Crippen molar-refractivity contribution in [2.75, 3.05) is 5.43 Å². The van der Waals surface area contributed by atoms with Gasteiger partial charge in [0, 0.05) is 13.0 Å². The number of hydrogen-bond donors (Lipinski definition) is 1. The highest BCUT2D eigenvalue weighted by atomic mass is 16.6. The molecule has 9 nitrogen and oxygen atoms in total. The predicted octanol–water partition coefficient (Wildman–Crippen LogP) is 1.88. The molecule has 9 heteroatoms. The van der Waals surface area contributed by atoms with E-state index in [4.69, 9.17) is 0 Å². The van der Waals surface area contributed by atoms with Gasteiger partial charge in [0.25, 0.3) is 5.69 Å². The van der Waals surface area contributed by atoms with Gasteiger partial charge in [-0.15, -0.1) is 0 Å². The first-order valence-electron chi connectivity index (χ1n) is 5.07. The van der Waals surface area contributed by atoms with Gasteiger partial charge < -0.3 is 0 Å². The largest absolute Gasteiger partial charge is 0.301 e. The second-order valence-corrected chi connectivity index (χ2v) is 3.58.